The predicted octanol–water partition coefficient (Wildman–Crippen LogP) is 24.6. The summed E-state index contributed by atoms with van der Waals surface area (Å²) in [6, 6.07) is 0. The van der Waals surface area contributed by atoms with Gasteiger partial charge in [-0.05, 0) is 89.9 Å². The zero-order valence-electron chi connectivity index (χ0n) is 54.7. The second-order valence-corrected chi connectivity index (χ2v) is 23.4. The minimum atomic E-state index is -0.783. The summed E-state index contributed by atoms with van der Waals surface area (Å²) in [7, 11) is 0. The first-order chi connectivity index (χ1) is 41.0. The maximum atomic E-state index is 12.9. The molecule has 476 valence electrons. The van der Waals surface area contributed by atoms with Crippen LogP contribution in [0.3, 0.4) is 0 Å². The summed E-state index contributed by atoms with van der Waals surface area (Å²) in [5.74, 6) is -0.904. The standard InChI is InChI=1S/C77H132O6/c1-4-7-10-13-15-17-19-21-23-25-27-29-31-33-35-36-37-38-39-40-42-43-45-47-49-51-53-55-57-59-61-64-67-70-76(79)82-73-74(72-81-75(78)69-66-63-12-9-6-3)83-77(80)71-68-65-62-60-58-56-54-52-50-48-46-44-41-34-32-30-28-26-24-22-20-18-16-14-11-8-5-2/h7,10,15,17,21,23,27,29,33,35,37-38,40,42,45,47,51,53,74H,4-6,8-9,11-14,16,18-20,22,24-26,28,30-32,34,36,39,41,43-44,46,48-50,52,54-73H2,1-3H3/b10-7-,17-15-,23-21-,29-27-,35-33-,38-37-,42-40-,47-45-,53-51-. The molecule has 0 aliphatic carbocycles. The summed E-state index contributed by atoms with van der Waals surface area (Å²) in [6.45, 7) is 6.46. The monoisotopic (exact) mass is 1150 g/mol. The lowest BCUT2D eigenvalue weighted by atomic mass is 10.0. The first kappa shape index (κ1) is 79.1. The van der Waals surface area contributed by atoms with Gasteiger partial charge in [-0.2, -0.15) is 0 Å². The predicted molar refractivity (Wildman–Crippen MR) is 362 cm³/mol. The van der Waals surface area contributed by atoms with E-state index in [2.05, 4.69) is 130 Å². The zero-order valence-corrected chi connectivity index (χ0v) is 54.7. The Hall–Kier alpha value is -3.93. The molecule has 6 heteroatoms. The number of hydrogen-bond donors (Lipinski definition) is 0. The number of carbonyl (C=O) groups is 3. The molecule has 1 atom stereocenters. The maximum Gasteiger partial charge on any atom is 0.306 e. The lowest BCUT2D eigenvalue weighted by molar-refractivity contribution is -0.167. The fourth-order valence-corrected chi connectivity index (χ4v) is 10.0. The van der Waals surface area contributed by atoms with E-state index in [1.54, 1.807) is 0 Å². The van der Waals surface area contributed by atoms with E-state index in [-0.39, 0.29) is 31.1 Å². The van der Waals surface area contributed by atoms with Crippen molar-refractivity contribution in [1.29, 1.82) is 0 Å². The molecule has 0 aliphatic heterocycles. The van der Waals surface area contributed by atoms with Crippen molar-refractivity contribution in [3.63, 3.8) is 0 Å². The summed E-state index contributed by atoms with van der Waals surface area (Å²) in [4.78, 5) is 38.0. The highest BCUT2D eigenvalue weighted by Crippen LogP contribution is 2.18. The van der Waals surface area contributed by atoms with Crippen molar-refractivity contribution < 1.29 is 28.6 Å². The number of hydrogen-bond acceptors (Lipinski definition) is 6. The van der Waals surface area contributed by atoms with Gasteiger partial charge in [0.05, 0.1) is 0 Å². The molecule has 0 saturated heterocycles. The van der Waals surface area contributed by atoms with Crippen LogP contribution in [0, 0.1) is 0 Å². The van der Waals surface area contributed by atoms with E-state index in [4.69, 9.17) is 14.2 Å². The van der Waals surface area contributed by atoms with Crippen molar-refractivity contribution in [2.45, 2.75) is 348 Å². The highest BCUT2D eigenvalue weighted by molar-refractivity contribution is 5.71. The van der Waals surface area contributed by atoms with Crippen LogP contribution in [0.4, 0.5) is 0 Å². The van der Waals surface area contributed by atoms with Crippen LogP contribution >= 0.6 is 0 Å². The number of rotatable bonds is 64. The maximum absolute atomic E-state index is 12.9. The number of ether oxygens (including phenoxy) is 3. The van der Waals surface area contributed by atoms with Gasteiger partial charge in [-0.3, -0.25) is 14.4 Å². The van der Waals surface area contributed by atoms with Crippen LogP contribution in [-0.2, 0) is 28.6 Å². The largest absolute Gasteiger partial charge is 0.462 e. The van der Waals surface area contributed by atoms with Crippen molar-refractivity contribution in [2.75, 3.05) is 13.2 Å². The van der Waals surface area contributed by atoms with Gasteiger partial charge in [0, 0.05) is 19.3 Å². The molecule has 0 heterocycles. The Morgan fingerprint density at radius 2 is 0.470 bits per heavy atom. The van der Waals surface area contributed by atoms with Crippen molar-refractivity contribution >= 4 is 17.9 Å². The third-order valence-electron chi connectivity index (χ3n) is 15.3. The Kier molecular flexibility index (Phi) is 67.2. The molecule has 0 amide bonds. The van der Waals surface area contributed by atoms with E-state index < -0.39 is 6.10 Å². The molecule has 0 rings (SSSR count). The van der Waals surface area contributed by atoms with E-state index in [0.29, 0.717) is 19.3 Å². The van der Waals surface area contributed by atoms with Gasteiger partial charge < -0.3 is 14.2 Å². The average Bonchev–Trinajstić information content (AvgIpc) is 3.49. The van der Waals surface area contributed by atoms with Crippen LogP contribution in [0.15, 0.2) is 109 Å². The number of esters is 3. The second kappa shape index (κ2) is 70.6. The smallest absolute Gasteiger partial charge is 0.306 e. The molecule has 0 aromatic rings. The molecule has 0 aromatic carbocycles. The molecule has 1 unspecified atom stereocenters. The number of unbranched alkanes of at least 4 members (excludes halogenated alkanes) is 35. The first-order valence-corrected chi connectivity index (χ1v) is 35.4. The molecule has 0 N–H and O–H groups in total. The molecule has 0 spiro atoms. The molecule has 83 heavy (non-hydrogen) atoms. The quantitative estimate of drug-likeness (QED) is 0.0261. The van der Waals surface area contributed by atoms with Crippen LogP contribution in [0.25, 0.3) is 0 Å². The Morgan fingerprint density at radius 1 is 0.253 bits per heavy atom. The molecular formula is C77H132O6. The van der Waals surface area contributed by atoms with Gasteiger partial charge in [-0.1, -0.05) is 342 Å². The van der Waals surface area contributed by atoms with Crippen LogP contribution in [-0.4, -0.2) is 37.2 Å². The minimum absolute atomic E-state index is 0.0826. The van der Waals surface area contributed by atoms with Gasteiger partial charge in [0.15, 0.2) is 6.10 Å². The van der Waals surface area contributed by atoms with Crippen molar-refractivity contribution in [1.82, 2.24) is 0 Å². The first-order valence-electron chi connectivity index (χ1n) is 35.4. The fourth-order valence-electron chi connectivity index (χ4n) is 10.0. The Labute approximate surface area is 514 Å². The number of allylic oxidation sites excluding steroid dienone is 18. The SMILES string of the molecule is CC/C=C\C/C=C\C/C=C\C/C=C\C/C=C\C/C=C\C/C=C\C/C=C\C/C=C\CCCCCCCC(=O)OCC(COC(=O)CCCCCCC)OC(=O)CCCCCCCCCCCCCCCCCCCCCCCCCCCCC. The normalized spacial score (nSPS) is 12.8. The van der Waals surface area contributed by atoms with Gasteiger partial charge in [0.1, 0.15) is 13.2 Å². The lowest BCUT2D eigenvalue weighted by Crippen LogP contribution is -2.30. The Balaban J connectivity index is 4.05. The van der Waals surface area contributed by atoms with Crippen molar-refractivity contribution in [2.24, 2.45) is 0 Å². The Morgan fingerprint density at radius 3 is 0.735 bits per heavy atom. The third-order valence-corrected chi connectivity index (χ3v) is 15.3. The second-order valence-electron chi connectivity index (χ2n) is 23.4. The molecule has 0 aromatic heterocycles. The zero-order chi connectivity index (χ0) is 59.9. The topological polar surface area (TPSA) is 78.9 Å². The van der Waals surface area contributed by atoms with Crippen LogP contribution < -0.4 is 0 Å². The third kappa shape index (κ3) is 68.7. The van der Waals surface area contributed by atoms with Gasteiger partial charge in [-0.15, -0.1) is 0 Å². The van der Waals surface area contributed by atoms with E-state index in [9.17, 15) is 14.4 Å². The molecular weight excluding hydrogens is 1020 g/mol. The van der Waals surface area contributed by atoms with Crippen LogP contribution in [0.1, 0.15) is 342 Å². The highest BCUT2D eigenvalue weighted by atomic mass is 16.6. The summed E-state index contributed by atoms with van der Waals surface area (Å²) < 4.78 is 16.8. The van der Waals surface area contributed by atoms with E-state index >= 15 is 0 Å². The summed E-state index contributed by atoms with van der Waals surface area (Å²) in [5, 5.41) is 0. The van der Waals surface area contributed by atoms with Crippen molar-refractivity contribution in [3.05, 3.63) is 109 Å². The lowest BCUT2D eigenvalue weighted by Gasteiger charge is -2.18. The van der Waals surface area contributed by atoms with Gasteiger partial charge in [-0.25, -0.2) is 0 Å². The molecule has 0 bridgehead atoms. The summed E-state index contributed by atoms with van der Waals surface area (Å²) in [6.07, 6.45) is 97.5. The molecule has 0 aliphatic rings. The van der Waals surface area contributed by atoms with Crippen LogP contribution in [0.5, 0.6) is 0 Å². The molecule has 0 saturated carbocycles. The Bertz CT molecular complexity index is 1660. The minimum Gasteiger partial charge on any atom is -0.462 e. The number of carbonyl (C=O) groups excluding carboxylic acids is 3. The molecule has 0 fully saturated rings. The fraction of sp³-hybridized carbons (Fsp3) is 0.727. The summed E-state index contributed by atoms with van der Waals surface area (Å²) in [5.41, 5.74) is 0. The average molecular weight is 1150 g/mol. The molecule has 0 radical (unpaired) electrons. The van der Waals surface area contributed by atoms with Crippen LogP contribution in [0.2, 0.25) is 0 Å². The molecule has 6 nitrogen and oxygen atoms in total. The van der Waals surface area contributed by atoms with E-state index in [1.165, 1.54) is 161 Å². The van der Waals surface area contributed by atoms with E-state index in [0.717, 1.165) is 141 Å². The van der Waals surface area contributed by atoms with Crippen molar-refractivity contribution in [3.8, 4) is 0 Å². The highest BCUT2D eigenvalue weighted by Gasteiger charge is 2.19. The van der Waals surface area contributed by atoms with Gasteiger partial charge >= 0.3 is 17.9 Å². The van der Waals surface area contributed by atoms with Gasteiger partial charge in [0.25, 0.3) is 0 Å². The van der Waals surface area contributed by atoms with Gasteiger partial charge in [0.2, 0.25) is 0 Å². The van der Waals surface area contributed by atoms with E-state index in [1.807, 2.05) is 0 Å². The summed E-state index contributed by atoms with van der Waals surface area (Å²) >= 11 is 0.